The third kappa shape index (κ3) is 4.13. The molecule has 1 aliphatic heterocycles. The van der Waals surface area contributed by atoms with Gasteiger partial charge in [-0.05, 0) is 0 Å². The summed E-state index contributed by atoms with van der Waals surface area (Å²) in [5, 5.41) is 22.9. The highest BCUT2D eigenvalue weighted by Gasteiger charge is 2.21. The molecule has 0 saturated carbocycles. The first-order valence-corrected chi connectivity index (χ1v) is 5.11. The number of aliphatic hydroxyl groups is 1. The normalized spacial score (nSPS) is 22.4. The van der Waals surface area contributed by atoms with Crippen LogP contribution in [-0.4, -0.2) is 60.5 Å². The first kappa shape index (κ1) is 12.9. The summed E-state index contributed by atoms with van der Waals surface area (Å²) in [5.41, 5.74) is 0. The summed E-state index contributed by atoms with van der Waals surface area (Å²) >= 11 is 0. The Morgan fingerprint density at radius 3 is 2.88 bits per heavy atom. The molecule has 1 rings (SSSR count). The fraction of sp³-hybridized carbons (Fsp3) is 0.778. The molecular weight excluding hydrogens is 216 g/mol. The number of carbonyl (C=O) groups is 2. The summed E-state index contributed by atoms with van der Waals surface area (Å²) in [6.45, 7) is 1.65. The van der Waals surface area contributed by atoms with Crippen LogP contribution in [0.1, 0.15) is 6.42 Å². The highest BCUT2D eigenvalue weighted by molar-refractivity contribution is 5.82. The lowest BCUT2D eigenvalue weighted by Crippen LogP contribution is -2.51. The van der Waals surface area contributed by atoms with Crippen LogP contribution in [0, 0.1) is 0 Å². The number of carbonyl (C=O) groups excluding carboxylic acids is 1. The summed E-state index contributed by atoms with van der Waals surface area (Å²) in [4.78, 5) is 21.7. The van der Waals surface area contributed by atoms with Gasteiger partial charge in [-0.25, -0.2) is 4.79 Å². The van der Waals surface area contributed by atoms with Crippen molar-refractivity contribution in [3.8, 4) is 0 Å². The number of nitrogens with one attached hydrogen (secondary N) is 2. The van der Waals surface area contributed by atoms with Crippen molar-refractivity contribution in [2.24, 2.45) is 0 Å². The number of hydrogen-bond acceptors (Lipinski definition) is 5. The fourth-order valence-electron chi connectivity index (χ4n) is 1.31. The number of aliphatic carboxylic acids is 1. The van der Waals surface area contributed by atoms with Crippen molar-refractivity contribution in [1.29, 1.82) is 0 Å². The average molecular weight is 232 g/mol. The second-order valence-electron chi connectivity index (χ2n) is 3.52. The number of carboxylic acid groups (broad SMARTS) is 1. The SMILES string of the molecule is O=C(O)C(O)CCNC(=O)C1COCCN1. The van der Waals surface area contributed by atoms with E-state index in [9.17, 15) is 9.59 Å². The van der Waals surface area contributed by atoms with E-state index in [0.29, 0.717) is 19.8 Å². The molecule has 0 bridgehead atoms. The van der Waals surface area contributed by atoms with Gasteiger partial charge in [0.1, 0.15) is 6.04 Å². The maximum Gasteiger partial charge on any atom is 0.332 e. The first-order valence-electron chi connectivity index (χ1n) is 5.11. The van der Waals surface area contributed by atoms with Gasteiger partial charge >= 0.3 is 5.97 Å². The zero-order valence-corrected chi connectivity index (χ0v) is 8.81. The summed E-state index contributed by atoms with van der Waals surface area (Å²) in [5.74, 6) is -1.52. The minimum Gasteiger partial charge on any atom is -0.479 e. The van der Waals surface area contributed by atoms with E-state index in [1.165, 1.54) is 0 Å². The Labute approximate surface area is 92.8 Å². The van der Waals surface area contributed by atoms with E-state index in [1.54, 1.807) is 0 Å². The molecule has 0 aliphatic carbocycles. The van der Waals surface area contributed by atoms with Gasteiger partial charge in [0, 0.05) is 19.5 Å². The van der Waals surface area contributed by atoms with Gasteiger partial charge in [-0.1, -0.05) is 0 Å². The molecule has 1 saturated heterocycles. The van der Waals surface area contributed by atoms with Crippen molar-refractivity contribution < 1.29 is 24.5 Å². The van der Waals surface area contributed by atoms with Gasteiger partial charge < -0.3 is 25.6 Å². The lowest BCUT2D eigenvalue weighted by molar-refractivity contribution is -0.147. The van der Waals surface area contributed by atoms with E-state index in [1.807, 2.05) is 0 Å². The number of amides is 1. The van der Waals surface area contributed by atoms with Crippen molar-refractivity contribution in [1.82, 2.24) is 10.6 Å². The van der Waals surface area contributed by atoms with Gasteiger partial charge in [0.2, 0.25) is 5.91 Å². The van der Waals surface area contributed by atoms with Gasteiger partial charge in [0.15, 0.2) is 6.10 Å². The summed E-state index contributed by atoms with van der Waals surface area (Å²) in [7, 11) is 0. The van der Waals surface area contributed by atoms with Crippen LogP contribution in [0.3, 0.4) is 0 Å². The largest absolute Gasteiger partial charge is 0.479 e. The Balaban J connectivity index is 2.16. The molecule has 1 heterocycles. The molecule has 1 fully saturated rings. The van der Waals surface area contributed by atoms with Crippen molar-refractivity contribution in [2.45, 2.75) is 18.6 Å². The number of morpholine rings is 1. The molecule has 1 amide bonds. The quantitative estimate of drug-likeness (QED) is 0.433. The van der Waals surface area contributed by atoms with Gasteiger partial charge in [-0.15, -0.1) is 0 Å². The van der Waals surface area contributed by atoms with Gasteiger partial charge in [-0.3, -0.25) is 4.79 Å². The molecule has 0 radical (unpaired) electrons. The lowest BCUT2D eigenvalue weighted by atomic mass is 10.2. The van der Waals surface area contributed by atoms with E-state index in [2.05, 4.69) is 10.6 Å². The van der Waals surface area contributed by atoms with Crippen molar-refractivity contribution >= 4 is 11.9 Å². The van der Waals surface area contributed by atoms with Gasteiger partial charge in [0.05, 0.1) is 13.2 Å². The lowest BCUT2D eigenvalue weighted by Gasteiger charge is -2.22. The standard InChI is InChI=1S/C9H16N2O5/c12-7(9(14)15)1-2-11-8(13)6-5-16-4-3-10-6/h6-7,10,12H,1-5H2,(H,11,13)(H,14,15). The first-order chi connectivity index (χ1) is 7.61. The molecule has 1 aliphatic rings. The number of aliphatic hydroxyl groups excluding tert-OH is 1. The number of hydrogen-bond donors (Lipinski definition) is 4. The van der Waals surface area contributed by atoms with Crippen LogP contribution in [-0.2, 0) is 14.3 Å². The van der Waals surface area contributed by atoms with Gasteiger partial charge in [-0.2, -0.15) is 0 Å². The molecule has 0 aromatic heterocycles. The predicted octanol–water partition coefficient (Wildman–Crippen LogP) is -2.07. The summed E-state index contributed by atoms with van der Waals surface area (Å²) < 4.78 is 5.10. The molecule has 92 valence electrons. The Bertz CT molecular complexity index is 252. The van der Waals surface area contributed by atoms with Crippen molar-refractivity contribution in [3.63, 3.8) is 0 Å². The Morgan fingerprint density at radius 2 is 2.31 bits per heavy atom. The highest BCUT2D eigenvalue weighted by atomic mass is 16.5. The topological polar surface area (TPSA) is 108 Å². The minimum absolute atomic E-state index is 0.00531. The zero-order valence-electron chi connectivity index (χ0n) is 8.81. The molecule has 7 nitrogen and oxygen atoms in total. The second-order valence-corrected chi connectivity index (χ2v) is 3.52. The van der Waals surface area contributed by atoms with Gasteiger partial charge in [0.25, 0.3) is 0 Å². The van der Waals surface area contributed by atoms with Crippen LogP contribution in [0.2, 0.25) is 0 Å². The predicted molar refractivity (Wildman–Crippen MR) is 53.9 cm³/mol. The van der Waals surface area contributed by atoms with Crippen LogP contribution in [0.15, 0.2) is 0 Å². The molecule has 0 aromatic rings. The van der Waals surface area contributed by atoms with Crippen LogP contribution in [0.4, 0.5) is 0 Å². The van der Waals surface area contributed by atoms with Crippen molar-refractivity contribution in [2.75, 3.05) is 26.3 Å². The van der Waals surface area contributed by atoms with E-state index in [0.717, 1.165) is 0 Å². The molecule has 16 heavy (non-hydrogen) atoms. The van der Waals surface area contributed by atoms with E-state index >= 15 is 0 Å². The molecule has 7 heteroatoms. The molecule has 2 atom stereocenters. The number of rotatable bonds is 5. The van der Waals surface area contributed by atoms with Crippen LogP contribution >= 0.6 is 0 Å². The summed E-state index contributed by atoms with van der Waals surface area (Å²) in [6.07, 6.45) is -1.44. The van der Waals surface area contributed by atoms with Crippen LogP contribution in [0.25, 0.3) is 0 Å². The smallest absolute Gasteiger partial charge is 0.332 e. The monoisotopic (exact) mass is 232 g/mol. The molecular formula is C9H16N2O5. The molecule has 0 spiro atoms. The maximum atomic E-state index is 11.5. The number of carboxylic acids is 1. The molecule has 2 unspecified atom stereocenters. The Hall–Kier alpha value is -1.18. The summed E-state index contributed by atoms with van der Waals surface area (Å²) in [6, 6.07) is -0.393. The van der Waals surface area contributed by atoms with E-state index in [4.69, 9.17) is 14.9 Å². The third-order valence-electron chi connectivity index (χ3n) is 2.24. The average Bonchev–Trinajstić information content (AvgIpc) is 2.29. The third-order valence-corrected chi connectivity index (χ3v) is 2.24. The second kappa shape index (κ2) is 6.41. The van der Waals surface area contributed by atoms with Crippen LogP contribution in [0.5, 0.6) is 0 Å². The zero-order chi connectivity index (χ0) is 12.0. The molecule has 0 aromatic carbocycles. The van der Waals surface area contributed by atoms with Crippen molar-refractivity contribution in [3.05, 3.63) is 0 Å². The fourth-order valence-corrected chi connectivity index (χ4v) is 1.31. The van der Waals surface area contributed by atoms with E-state index < -0.39 is 18.1 Å². The Morgan fingerprint density at radius 1 is 1.56 bits per heavy atom. The highest BCUT2D eigenvalue weighted by Crippen LogP contribution is 1.94. The molecule has 4 N–H and O–H groups in total. The maximum absolute atomic E-state index is 11.5. The Kier molecular flexibility index (Phi) is 5.17. The van der Waals surface area contributed by atoms with E-state index in [-0.39, 0.29) is 18.9 Å². The number of ether oxygens (including phenoxy) is 1. The van der Waals surface area contributed by atoms with Crippen LogP contribution < -0.4 is 10.6 Å². The minimum atomic E-state index is -1.43.